The molecule has 1 aromatic heterocycles. The highest BCUT2D eigenvalue weighted by Crippen LogP contribution is 2.34. The number of anilines is 2. The smallest absolute Gasteiger partial charge is 0.256 e. The van der Waals surface area contributed by atoms with Crippen LogP contribution in [0.2, 0.25) is 0 Å². The largest absolute Gasteiger partial charge is 0.360 e. The normalized spacial score (nSPS) is 14.3. The summed E-state index contributed by atoms with van der Waals surface area (Å²) in [5, 5.41) is 8.78. The predicted octanol–water partition coefficient (Wildman–Crippen LogP) is 3.28. The van der Waals surface area contributed by atoms with Crippen molar-refractivity contribution in [1.29, 1.82) is 0 Å². The molecule has 0 saturated heterocycles. The Balaban J connectivity index is 1.74. The molecule has 0 unspecified atom stereocenters. The average Bonchev–Trinajstić information content (AvgIpc) is 3.13. The summed E-state index contributed by atoms with van der Waals surface area (Å²) in [6.07, 6.45) is 4.78. The van der Waals surface area contributed by atoms with E-state index in [4.69, 9.17) is 0 Å². The topological polar surface area (TPSA) is 86.0 Å². The molecule has 1 aliphatic heterocycles. The molecule has 2 heterocycles. The van der Waals surface area contributed by atoms with Crippen LogP contribution in [-0.4, -0.2) is 29.9 Å². The molecular weight excluding hydrogens is 347 g/mol. The molecular formula is C20H23FN4O2. The fraction of sp³-hybridized carbons (Fsp3) is 0.300. The Kier molecular flexibility index (Phi) is 5.71. The van der Waals surface area contributed by atoms with E-state index in [2.05, 4.69) is 27.9 Å². The van der Waals surface area contributed by atoms with E-state index in [-0.39, 0.29) is 11.8 Å². The van der Waals surface area contributed by atoms with Crippen LogP contribution in [0.25, 0.3) is 11.6 Å². The zero-order chi connectivity index (χ0) is 19.4. The van der Waals surface area contributed by atoms with E-state index in [1.54, 1.807) is 18.3 Å². The van der Waals surface area contributed by atoms with E-state index >= 15 is 0 Å². The maximum atomic E-state index is 13.6. The van der Waals surface area contributed by atoms with Crippen molar-refractivity contribution in [2.24, 2.45) is 0 Å². The van der Waals surface area contributed by atoms with Crippen molar-refractivity contribution < 1.29 is 14.0 Å². The maximum absolute atomic E-state index is 13.6. The molecule has 0 saturated carbocycles. The highest BCUT2D eigenvalue weighted by Gasteiger charge is 2.25. The molecule has 1 aliphatic rings. The summed E-state index contributed by atoms with van der Waals surface area (Å²) in [7, 11) is 0. The Hall–Kier alpha value is -2.93. The van der Waals surface area contributed by atoms with E-state index in [0.29, 0.717) is 41.2 Å². The van der Waals surface area contributed by atoms with E-state index in [1.165, 1.54) is 12.1 Å². The fourth-order valence-electron chi connectivity index (χ4n) is 2.96. The predicted molar refractivity (Wildman–Crippen MR) is 105 cm³/mol. The first-order chi connectivity index (χ1) is 13.0. The summed E-state index contributed by atoms with van der Waals surface area (Å²) >= 11 is 0. The van der Waals surface area contributed by atoms with Gasteiger partial charge in [0.25, 0.3) is 5.91 Å². The number of halogens is 1. The third kappa shape index (κ3) is 4.25. The van der Waals surface area contributed by atoms with Crippen LogP contribution in [0.5, 0.6) is 0 Å². The molecule has 2 aromatic rings. The Morgan fingerprint density at radius 2 is 2.11 bits per heavy atom. The van der Waals surface area contributed by atoms with Crippen molar-refractivity contribution in [3.63, 3.8) is 0 Å². The van der Waals surface area contributed by atoms with Gasteiger partial charge in [0.05, 0.1) is 11.3 Å². The number of H-pyrrole nitrogens is 1. The number of nitrogens with one attached hydrogen (secondary N) is 4. The van der Waals surface area contributed by atoms with Crippen molar-refractivity contribution in [2.45, 2.75) is 26.7 Å². The molecule has 0 bridgehead atoms. The molecule has 0 atom stereocenters. The van der Waals surface area contributed by atoms with Gasteiger partial charge in [-0.25, -0.2) is 4.39 Å². The van der Waals surface area contributed by atoms with Gasteiger partial charge in [0.1, 0.15) is 5.82 Å². The van der Waals surface area contributed by atoms with Crippen molar-refractivity contribution in [1.82, 2.24) is 10.3 Å². The lowest BCUT2D eigenvalue weighted by molar-refractivity contribution is -0.116. The third-order valence-corrected chi connectivity index (χ3v) is 4.46. The van der Waals surface area contributed by atoms with Crippen LogP contribution < -0.4 is 16.0 Å². The SMILES string of the molecule is CCCNCCC(=O)Nc1c[nH]c(/C=C2\C(=O)Nc3ccc(F)cc32)c1C. The van der Waals surface area contributed by atoms with E-state index < -0.39 is 5.82 Å². The Bertz CT molecular complexity index is 901. The number of hydrogen-bond acceptors (Lipinski definition) is 3. The molecule has 3 rings (SSSR count). The van der Waals surface area contributed by atoms with Gasteiger partial charge in [-0.15, -0.1) is 0 Å². The minimum atomic E-state index is -0.399. The Morgan fingerprint density at radius 3 is 2.89 bits per heavy atom. The van der Waals surface area contributed by atoms with Gasteiger partial charge in [0, 0.05) is 36.1 Å². The average molecular weight is 370 g/mol. The van der Waals surface area contributed by atoms with Crippen LogP contribution in [0.1, 0.15) is 36.6 Å². The van der Waals surface area contributed by atoms with Crippen LogP contribution in [-0.2, 0) is 9.59 Å². The first-order valence-corrected chi connectivity index (χ1v) is 9.01. The van der Waals surface area contributed by atoms with Crippen molar-refractivity contribution in [3.05, 3.63) is 47.0 Å². The number of hydrogen-bond donors (Lipinski definition) is 4. The molecule has 0 spiro atoms. The molecule has 6 nitrogen and oxygen atoms in total. The zero-order valence-electron chi connectivity index (χ0n) is 15.4. The van der Waals surface area contributed by atoms with Crippen LogP contribution in [0, 0.1) is 12.7 Å². The summed E-state index contributed by atoms with van der Waals surface area (Å²) in [5.41, 5.74) is 3.68. The maximum Gasteiger partial charge on any atom is 0.256 e. The van der Waals surface area contributed by atoms with Gasteiger partial charge in [-0.2, -0.15) is 0 Å². The van der Waals surface area contributed by atoms with Crippen LogP contribution in [0.15, 0.2) is 24.4 Å². The molecule has 142 valence electrons. The molecule has 7 heteroatoms. The fourth-order valence-corrected chi connectivity index (χ4v) is 2.96. The number of rotatable bonds is 7. The number of amides is 2. The first kappa shape index (κ1) is 18.8. The van der Waals surface area contributed by atoms with Crippen LogP contribution in [0.4, 0.5) is 15.8 Å². The Morgan fingerprint density at radius 1 is 1.30 bits per heavy atom. The molecule has 27 heavy (non-hydrogen) atoms. The molecule has 0 aliphatic carbocycles. The number of carbonyl (C=O) groups is 2. The van der Waals surface area contributed by atoms with Gasteiger partial charge in [-0.3, -0.25) is 9.59 Å². The van der Waals surface area contributed by atoms with Gasteiger partial charge in [0.15, 0.2) is 0 Å². The molecule has 0 fully saturated rings. The summed E-state index contributed by atoms with van der Waals surface area (Å²) < 4.78 is 13.6. The van der Waals surface area contributed by atoms with Gasteiger partial charge in [-0.05, 0) is 49.7 Å². The minimum Gasteiger partial charge on any atom is -0.360 e. The molecule has 0 radical (unpaired) electrons. The number of carbonyl (C=O) groups excluding carboxylic acids is 2. The van der Waals surface area contributed by atoms with Gasteiger partial charge < -0.3 is 20.9 Å². The van der Waals surface area contributed by atoms with Gasteiger partial charge >= 0.3 is 0 Å². The second-order valence-electron chi connectivity index (χ2n) is 6.49. The first-order valence-electron chi connectivity index (χ1n) is 9.01. The number of aromatic nitrogens is 1. The van der Waals surface area contributed by atoms with Crippen molar-refractivity contribution in [2.75, 3.05) is 23.7 Å². The molecule has 4 N–H and O–H groups in total. The van der Waals surface area contributed by atoms with Crippen molar-refractivity contribution >= 4 is 34.8 Å². The lowest BCUT2D eigenvalue weighted by Crippen LogP contribution is -2.22. The summed E-state index contributed by atoms with van der Waals surface area (Å²) in [5.74, 6) is -0.757. The standard InChI is InChI=1S/C20H23FN4O2/c1-3-7-22-8-6-19(26)24-18-11-23-17(12(18)2)10-15-14-9-13(21)4-5-16(14)25-20(15)27/h4-5,9-11,22-23H,3,6-8H2,1-2H3,(H,24,26)(H,25,27)/b15-10-. The lowest BCUT2D eigenvalue weighted by atomic mass is 10.0. The number of benzene rings is 1. The Labute approximate surface area is 157 Å². The van der Waals surface area contributed by atoms with Gasteiger partial charge in [0.2, 0.25) is 5.91 Å². The van der Waals surface area contributed by atoms with Crippen molar-refractivity contribution in [3.8, 4) is 0 Å². The lowest BCUT2D eigenvalue weighted by Gasteiger charge is -2.05. The van der Waals surface area contributed by atoms with Crippen LogP contribution >= 0.6 is 0 Å². The van der Waals surface area contributed by atoms with E-state index in [1.807, 2.05) is 6.92 Å². The molecule has 2 amide bonds. The van der Waals surface area contributed by atoms with E-state index in [9.17, 15) is 14.0 Å². The monoisotopic (exact) mass is 370 g/mol. The summed E-state index contributed by atoms with van der Waals surface area (Å²) in [6.45, 7) is 5.44. The third-order valence-electron chi connectivity index (χ3n) is 4.46. The van der Waals surface area contributed by atoms with Gasteiger partial charge in [-0.1, -0.05) is 6.92 Å². The summed E-state index contributed by atoms with van der Waals surface area (Å²) in [6, 6.07) is 4.19. The molecule has 1 aromatic carbocycles. The quantitative estimate of drug-likeness (QED) is 0.446. The highest BCUT2D eigenvalue weighted by atomic mass is 19.1. The zero-order valence-corrected chi connectivity index (χ0v) is 15.4. The summed E-state index contributed by atoms with van der Waals surface area (Å²) in [4.78, 5) is 27.3. The van der Waals surface area contributed by atoms with E-state index in [0.717, 1.165) is 18.5 Å². The second kappa shape index (κ2) is 8.18. The minimum absolute atomic E-state index is 0.0778. The second-order valence-corrected chi connectivity index (χ2v) is 6.49. The highest BCUT2D eigenvalue weighted by molar-refractivity contribution is 6.34. The number of aromatic amines is 1. The number of fused-ring (bicyclic) bond motifs is 1. The van der Waals surface area contributed by atoms with Crippen LogP contribution in [0.3, 0.4) is 0 Å².